The van der Waals surface area contributed by atoms with E-state index in [9.17, 15) is 28.9 Å². The molecule has 0 aliphatic carbocycles. The van der Waals surface area contributed by atoms with Gasteiger partial charge in [-0.2, -0.15) is 0 Å². The number of allylic oxidation sites excluding steroid dienone is 12. The van der Waals surface area contributed by atoms with Crippen LogP contribution in [-0.4, -0.2) is 66.5 Å². The Bertz CT molecular complexity index is 1590. The summed E-state index contributed by atoms with van der Waals surface area (Å²) in [5.74, 6) is -1.48. The molecule has 3 atom stereocenters. The standard InChI is InChI=1S/C66H117O11P/c1-4-7-10-13-16-19-22-25-27-29-31-33-35-38-41-44-47-50-53-56-65(69)76-62(58-67)60-74-78(71,72)75-61-63(59-73-64(68)55-52-49-46-43-40-37-24-21-18-15-12-9-6-3)77-66(70)57-54-51-48-45-42-39-36-34-32-30-28-26-23-20-17-14-11-8-5-2/h12,15-17,19-21,24-28,62-63,67H,4-11,13-14,18,22-23,29-61H2,1-3H3,(H,71,72)/b15-12-,19-16-,20-17-,24-21-,27-25-,28-26-. The summed E-state index contributed by atoms with van der Waals surface area (Å²) in [6.07, 6.45) is 68.5. The van der Waals surface area contributed by atoms with Crippen molar-refractivity contribution in [1.29, 1.82) is 0 Å². The lowest BCUT2D eigenvalue weighted by atomic mass is 10.1. The molecule has 0 aromatic heterocycles. The predicted molar refractivity (Wildman–Crippen MR) is 325 cm³/mol. The monoisotopic (exact) mass is 1120 g/mol. The smallest absolute Gasteiger partial charge is 0.462 e. The Morgan fingerprint density at radius 2 is 0.654 bits per heavy atom. The second-order valence-electron chi connectivity index (χ2n) is 21.2. The van der Waals surface area contributed by atoms with Crippen molar-refractivity contribution in [2.75, 3.05) is 26.4 Å². The molecule has 0 aliphatic rings. The number of ether oxygens (including phenoxy) is 3. The van der Waals surface area contributed by atoms with Gasteiger partial charge in [0, 0.05) is 19.3 Å². The van der Waals surface area contributed by atoms with E-state index in [0.717, 1.165) is 109 Å². The first-order valence-corrected chi connectivity index (χ1v) is 33.3. The summed E-state index contributed by atoms with van der Waals surface area (Å²) in [4.78, 5) is 48.7. The molecule has 0 aromatic carbocycles. The van der Waals surface area contributed by atoms with Crippen LogP contribution in [0.15, 0.2) is 72.9 Å². The lowest BCUT2D eigenvalue weighted by Crippen LogP contribution is -2.30. The number of phosphoric ester groups is 1. The zero-order chi connectivity index (χ0) is 56.9. The van der Waals surface area contributed by atoms with Crippen molar-refractivity contribution in [3.63, 3.8) is 0 Å². The minimum Gasteiger partial charge on any atom is -0.462 e. The Hall–Kier alpha value is -3.08. The van der Waals surface area contributed by atoms with Crippen LogP contribution >= 0.6 is 7.82 Å². The van der Waals surface area contributed by atoms with Crippen LogP contribution < -0.4 is 0 Å². The minimum absolute atomic E-state index is 0.158. The Morgan fingerprint density at radius 3 is 1.00 bits per heavy atom. The first-order chi connectivity index (χ1) is 38.2. The van der Waals surface area contributed by atoms with Crippen LogP contribution in [-0.2, 0) is 42.2 Å². The first-order valence-electron chi connectivity index (χ1n) is 31.8. The van der Waals surface area contributed by atoms with Gasteiger partial charge in [0.1, 0.15) is 12.7 Å². The molecule has 0 radical (unpaired) electrons. The van der Waals surface area contributed by atoms with Crippen molar-refractivity contribution in [2.45, 2.75) is 303 Å². The van der Waals surface area contributed by atoms with E-state index in [1.165, 1.54) is 122 Å². The molecule has 0 fully saturated rings. The molecule has 78 heavy (non-hydrogen) atoms. The molecule has 0 amide bonds. The van der Waals surface area contributed by atoms with E-state index >= 15 is 0 Å². The van der Waals surface area contributed by atoms with Gasteiger partial charge in [-0.3, -0.25) is 23.4 Å². The summed E-state index contributed by atoms with van der Waals surface area (Å²) >= 11 is 0. The number of unbranched alkanes of at least 4 members (excludes halogenated alkanes) is 30. The minimum atomic E-state index is -4.76. The van der Waals surface area contributed by atoms with Gasteiger partial charge in [0.05, 0.1) is 19.8 Å². The Labute approximate surface area is 478 Å². The normalized spacial score (nSPS) is 13.8. The molecular weight excluding hydrogens is 1000 g/mol. The first kappa shape index (κ1) is 74.9. The molecule has 0 bridgehead atoms. The lowest BCUT2D eigenvalue weighted by molar-refractivity contribution is -0.161. The number of hydrogen-bond donors (Lipinski definition) is 2. The van der Waals surface area contributed by atoms with E-state index in [1.807, 2.05) is 0 Å². The summed E-state index contributed by atoms with van der Waals surface area (Å²) in [5.41, 5.74) is 0. The fourth-order valence-electron chi connectivity index (χ4n) is 8.69. The molecule has 2 N–H and O–H groups in total. The number of aliphatic hydroxyl groups is 1. The van der Waals surface area contributed by atoms with Crippen molar-refractivity contribution in [3.8, 4) is 0 Å². The van der Waals surface area contributed by atoms with Crippen LogP contribution in [0.2, 0.25) is 0 Å². The fraction of sp³-hybridized carbons (Fsp3) is 0.773. The molecule has 0 saturated carbocycles. The molecule has 0 aliphatic heterocycles. The highest BCUT2D eigenvalue weighted by Crippen LogP contribution is 2.43. The largest absolute Gasteiger partial charge is 0.472 e. The van der Waals surface area contributed by atoms with E-state index < -0.39 is 57.8 Å². The van der Waals surface area contributed by atoms with Gasteiger partial charge in [-0.05, 0) is 109 Å². The van der Waals surface area contributed by atoms with E-state index in [-0.39, 0.29) is 25.9 Å². The highest BCUT2D eigenvalue weighted by molar-refractivity contribution is 7.47. The zero-order valence-electron chi connectivity index (χ0n) is 50.1. The van der Waals surface area contributed by atoms with Crippen molar-refractivity contribution in [2.24, 2.45) is 0 Å². The Balaban J connectivity index is 4.66. The zero-order valence-corrected chi connectivity index (χ0v) is 51.0. The SMILES string of the molecule is CCC/C=C\C/C=C\CCCCCCCC(=O)OCC(COP(=O)(O)OCC(CO)OC(=O)CCCCCCCCCCC/C=C\C/C=C\CCCCC)OC(=O)CCCCCCCCCCC/C=C\C/C=C\CCCCC. The number of esters is 3. The topological polar surface area (TPSA) is 155 Å². The number of aliphatic hydroxyl groups excluding tert-OH is 1. The van der Waals surface area contributed by atoms with Gasteiger partial charge in [0.15, 0.2) is 6.10 Å². The van der Waals surface area contributed by atoms with Crippen molar-refractivity contribution in [3.05, 3.63) is 72.9 Å². The Kier molecular flexibility index (Phi) is 57.7. The molecule has 0 aromatic rings. The maximum absolute atomic E-state index is 12.9. The quantitative estimate of drug-likeness (QED) is 0.0197. The highest BCUT2D eigenvalue weighted by Gasteiger charge is 2.28. The third-order valence-electron chi connectivity index (χ3n) is 13.6. The van der Waals surface area contributed by atoms with Gasteiger partial charge in [0.2, 0.25) is 0 Å². The van der Waals surface area contributed by atoms with Gasteiger partial charge < -0.3 is 24.2 Å². The third-order valence-corrected chi connectivity index (χ3v) is 14.5. The molecule has 0 heterocycles. The van der Waals surface area contributed by atoms with E-state index in [4.69, 9.17) is 23.3 Å². The summed E-state index contributed by atoms with van der Waals surface area (Å²) in [6.45, 7) is 4.54. The van der Waals surface area contributed by atoms with Gasteiger partial charge in [-0.15, -0.1) is 0 Å². The van der Waals surface area contributed by atoms with E-state index in [2.05, 4.69) is 93.7 Å². The molecule has 452 valence electrons. The van der Waals surface area contributed by atoms with Crippen LogP contribution in [0, 0.1) is 0 Å². The fourth-order valence-corrected chi connectivity index (χ4v) is 9.47. The van der Waals surface area contributed by atoms with Crippen molar-refractivity contribution < 1.29 is 52.2 Å². The maximum atomic E-state index is 12.9. The molecule has 0 spiro atoms. The van der Waals surface area contributed by atoms with Crippen LogP contribution in [0.3, 0.4) is 0 Å². The number of carbonyl (C=O) groups excluding carboxylic acids is 3. The lowest BCUT2D eigenvalue weighted by Gasteiger charge is -2.21. The van der Waals surface area contributed by atoms with Gasteiger partial charge in [0.25, 0.3) is 0 Å². The number of phosphoric acid groups is 1. The van der Waals surface area contributed by atoms with Gasteiger partial charge in [-0.1, -0.05) is 235 Å². The van der Waals surface area contributed by atoms with Gasteiger partial charge in [-0.25, -0.2) is 4.57 Å². The number of hydrogen-bond acceptors (Lipinski definition) is 10. The summed E-state index contributed by atoms with van der Waals surface area (Å²) in [7, 11) is -4.76. The number of rotatable bonds is 59. The van der Waals surface area contributed by atoms with Crippen molar-refractivity contribution >= 4 is 25.7 Å². The second-order valence-corrected chi connectivity index (χ2v) is 22.7. The molecule has 0 saturated heterocycles. The molecule has 0 rings (SSSR count). The van der Waals surface area contributed by atoms with Crippen LogP contribution in [0.1, 0.15) is 290 Å². The molecule has 12 heteroatoms. The molecular formula is C66H117O11P. The summed E-state index contributed by atoms with van der Waals surface area (Å²) in [6, 6.07) is 0. The number of carbonyl (C=O) groups is 3. The maximum Gasteiger partial charge on any atom is 0.472 e. The second kappa shape index (κ2) is 60.0. The van der Waals surface area contributed by atoms with Crippen LogP contribution in [0.5, 0.6) is 0 Å². The molecule has 11 nitrogen and oxygen atoms in total. The predicted octanol–water partition coefficient (Wildman–Crippen LogP) is 19.3. The summed E-state index contributed by atoms with van der Waals surface area (Å²) in [5, 5.41) is 9.85. The Morgan fingerprint density at radius 1 is 0.359 bits per heavy atom. The van der Waals surface area contributed by atoms with Crippen molar-refractivity contribution in [1.82, 2.24) is 0 Å². The summed E-state index contributed by atoms with van der Waals surface area (Å²) < 4.78 is 39.6. The van der Waals surface area contributed by atoms with Crippen LogP contribution in [0.25, 0.3) is 0 Å². The highest BCUT2D eigenvalue weighted by atomic mass is 31.2. The van der Waals surface area contributed by atoms with E-state index in [0.29, 0.717) is 19.3 Å². The van der Waals surface area contributed by atoms with Gasteiger partial charge >= 0.3 is 25.7 Å². The van der Waals surface area contributed by atoms with Crippen LogP contribution in [0.4, 0.5) is 0 Å². The third kappa shape index (κ3) is 57.6. The molecule has 3 unspecified atom stereocenters. The average molecular weight is 1120 g/mol. The average Bonchev–Trinajstić information content (AvgIpc) is 3.43. The van der Waals surface area contributed by atoms with E-state index in [1.54, 1.807) is 0 Å².